The number of amides is 1. The van der Waals surface area contributed by atoms with Gasteiger partial charge in [-0.05, 0) is 18.4 Å². The second-order valence-corrected chi connectivity index (χ2v) is 7.17. The molecule has 26 heavy (non-hydrogen) atoms. The van der Waals surface area contributed by atoms with Gasteiger partial charge in [0.05, 0.1) is 18.8 Å². The molecule has 2 aromatic heterocycles. The third-order valence-corrected chi connectivity index (χ3v) is 5.99. The zero-order valence-electron chi connectivity index (χ0n) is 15.4. The van der Waals surface area contributed by atoms with Gasteiger partial charge in [-0.3, -0.25) is 9.48 Å². The first-order valence-corrected chi connectivity index (χ1v) is 8.90. The lowest BCUT2D eigenvalue weighted by atomic mass is 9.74. The minimum absolute atomic E-state index is 0.145. The predicted octanol–water partition coefficient (Wildman–Crippen LogP) is 1.20. The van der Waals surface area contributed by atoms with Gasteiger partial charge in [-0.2, -0.15) is 5.10 Å². The van der Waals surface area contributed by atoms with Gasteiger partial charge in [-0.1, -0.05) is 0 Å². The molecule has 0 N–H and O–H groups in total. The Hall–Kier alpha value is -2.64. The summed E-state index contributed by atoms with van der Waals surface area (Å²) >= 11 is 0. The number of aromatic nitrogens is 4. The van der Waals surface area contributed by atoms with Crippen LogP contribution in [0, 0.1) is 0 Å². The monoisotopic (exact) mass is 356 g/mol. The SMILES string of the molecule is COc1cc(N2CCC3(CC2)[C@H](c2cnn(C)c2)CC(=O)N3C)ncn1. The highest BCUT2D eigenvalue weighted by Gasteiger charge is 2.53. The summed E-state index contributed by atoms with van der Waals surface area (Å²) in [6, 6.07) is 1.86. The third kappa shape index (κ3) is 2.60. The van der Waals surface area contributed by atoms with Crippen molar-refractivity contribution in [3.05, 3.63) is 30.4 Å². The predicted molar refractivity (Wildman–Crippen MR) is 96.1 cm³/mol. The van der Waals surface area contributed by atoms with Crippen LogP contribution in [0.5, 0.6) is 5.88 Å². The van der Waals surface area contributed by atoms with E-state index in [1.807, 2.05) is 42.1 Å². The van der Waals surface area contributed by atoms with Crippen LogP contribution in [0.15, 0.2) is 24.8 Å². The van der Waals surface area contributed by atoms with Crippen molar-refractivity contribution < 1.29 is 9.53 Å². The Morgan fingerprint density at radius 2 is 2.00 bits per heavy atom. The maximum absolute atomic E-state index is 12.5. The lowest BCUT2D eigenvalue weighted by Gasteiger charge is -2.46. The number of aryl methyl sites for hydroxylation is 1. The van der Waals surface area contributed by atoms with E-state index in [-0.39, 0.29) is 17.4 Å². The molecule has 0 radical (unpaired) electrons. The Morgan fingerprint density at radius 1 is 1.23 bits per heavy atom. The van der Waals surface area contributed by atoms with Crippen LogP contribution >= 0.6 is 0 Å². The molecule has 0 bridgehead atoms. The fourth-order valence-electron chi connectivity index (χ4n) is 4.45. The first-order chi connectivity index (χ1) is 12.5. The highest BCUT2D eigenvalue weighted by atomic mass is 16.5. The van der Waals surface area contributed by atoms with Crippen molar-refractivity contribution in [3.8, 4) is 5.88 Å². The van der Waals surface area contributed by atoms with Crippen LogP contribution in [0.3, 0.4) is 0 Å². The number of nitrogens with zero attached hydrogens (tertiary/aromatic N) is 6. The number of hydrogen-bond acceptors (Lipinski definition) is 6. The van der Waals surface area contributed by atoms with Gasteiger partial charge < -0.3 is 14.5 Å². The van der Waals surface area contributed by atoms with Gasteiger partial charge in [-0.25, -0.2) is 9.97 Å². The molecule has 2 aromatic rings. The van der Waals surface area contributed by atoms with Gasteiger partial charge in [-0.15, -0.1) is 0 Å². The van der Waals surface area contributed by atoms with Crippen molar-refractivity contribution in [1.82, 2.24) is 24.6 Å². The first-order valence-electron chi connectivity index (χ1n) is 8.90. The Morgan fingerprint density at radius 3 is 2.65 bits per heavy atom. The number of anilines is 1. The van der Waals surface area contributed by atoms with Crippen molar-refractivity contribution in [3.63, 3.8) is 0 Å². The molecule has 4 heterocycles. The highest BCUT2D eigenvalue weighted by molar-refractivity contribution is 5.81. The van der Waals surface area contributed by atoms with E-state index in [1.165, 1.54) is 6.33 Å². The lowest BCUT2D eigenvalue weighted by molar-refractivity contribution is -0.130. The summed E-state index contributed by atoms with van der Waals surface area (Å²) in [6.45, 7) is 1.68. The number of carbonyl (C=O) groups is 1. The number of likely N-dealkylation sites (tertiary alicyclic amines) is 1. The highest BCUT2D eigenvalue weighted by Crippen LogP contribution is 2.48. The van der Waals surface area contributed by atoms with Crippen LogP contribution in [-0.2, 0) is 11.8 Å². The average molecular weight is 356 g/mol. The number of rotatable bonds is 3. The van der Waals surface area contributed by atoms with Crippen LogP contribution in [0.25, 0.3) is 0 Å². The molecule has 2 aliphatic heterocycles. The van der Waals surface area contributed by atoms with E-state index in [0.717, 1.165) is 37.3 Å². The molecule has 2 aliphatic rings. The second-order valence-electron chi connectivity index (χ2n) is 7.17. The van der Waals surface area contributed by atoms with Crippen molar-refractivity contribution in [2.24, 2.45) is 7.05 Å². The summed E-state index contributed by atoms with van der Waals surface area (Å²) in [5, 5.41) is 4.32. The van der Waals surface area contributed by atoms with E-state index in [4.69, 9.17) is 4.74 Å². The fraction of sp³-hybridized carbons (Fsp3) is 0.556. The van der Waals surface area contributed by atoms with Crippen molar-refractivity contribution >= 4 is 11.7 Å². The zero-order valence-corrected chi connectivity index (χ0v) is 15.4. The molecule has 138 valence electrons. The van der Waals surface area contributed by atoms with Gasteiger partial charge in [0.2, 0.25) is 11.8 Å². The number of ether oxygens (including phenoxy) is 1. The lowest BCUT2D eigenvalue weighted by Crippen LogP contribution is -2.54. The van der Waals surface area contributed by atoms with E-state index in [0.29, 0.717) is 12.3 Å². The first kappa shape index (κ1) is 16.8. The molecule has 8 nitrogen and oxygen atoms in total. The molecular formula is C18H24N6O2. The Kier molecular flexibility index (Phi) is 4.05. The summed E-state index contributed by atoms with van der Waals surface area (Å²) < 4.78 is 7.02. The molecule has 1 amide bonds. The average Bonchev–Trinajstić information content (AvgIpc) is 3.20. The maximum Gasteiger partial charge on any atom is 0.223 e. The van der Waals surface area contributed by atoms with Gasteiger partial charge in [0, 0.05) is 51.8 Å². The molecule has 4 rings (SSSR count). The van der Waals surface area contributed by atoms with Gasteiger partial charge in [0.15, 0.2) is 0 Å². The van der Waals surface area contributed by atoms with E-state index in [9.17, 15) is 4.79 Å². The van der Waals surface area contributed by atoms with E-state index < -0.39 is 0 Å². The Labute approximate surface area is 152 Å². The largest absolute Gasteiger partial charge is 0.481 e. The van der Waals surface area contributed by atoms with Gasteiger partial charge in [0.25, 0.3) is 0 Å². The fourth-order valence-corrected chi connectivity index (χ4v) is 4.45. The topological polar surface area (TPSA) is 76.4 Å². The van der Waals surface area contributed by atoms with Crippen molar-refractivity contribution in [2.75, 3.05) is 32.1 Å². The van der Waals surface area contributed by atoms with E-state index in [2.05, 4.69) is 20.0 Å². The van der Waals surface area contributed by atoms with Crippen LogP contribution in [0.2, 0.25) is 0 Å². The molecule has 2 fully saturated rings. The molecule has 2 saturated heterocycles. The number of piperidine rings is 1. The van der Waals surface area contributed by atoms with Crippen molar-refractivity contribution in [2.45, 2.75) is 30.7 Å². The molecule has 0 aliphatic carbocycles. The normalized spacial score (nSPS) is 22.3. The second kappa shape index (κ2) is 6.26. The van der Waals surface area contributed by atoms with Crippen LogP contribution in [0.4, 0.5) is 5.82 Å². The molecule has 0 aromatic carbocycles. The Bertz CT molecular complexity index is 812. The smallest absolute Gasteiger partial charge is 0.223 e. The number of methoxy groups -OCH3 is 1. The van der Waals surface area contributed by atoms with Crippen LogP contribution < -0.4 is 9.64 Å². The summed E-state index contributed by atoms with van der Waals surface area (Å²) in [6.07, 6.45) is 7.84. The molecule has 8 heteroatoms. The third-order valence-electron chi connectivity index (χ3n) is 5.99. The van der Waals surface area contributed by atoms with Crippen LogP contribution in [0.1, 0.15) is 30.7 Å². The Balaban J connectivity index is 1.58. The molecular weight excluding hydrogens is 332 g/mol. The number of likely N-dealkylation sites (N-methyl/N-ethyl adjacent to an activating group) is 1. The number of carbonyl (C=O) groups excluding carboxylic acids is 1. The summed E-state index contributed by atoms with van der Waals surface area (Å²) in [4.78, 5) is 25.2. The zero-order chi connectivity index (χ0) is 18.3. The maximum atomic E-state index is 12.5. The summed E-state index contributed by atoms with van der Waals surface area (Å²) in [5.74, 6) is 1.85. The summed E-state index contributed by atoms with van der Waals surface area (Å²) in [5.41, 5.74) is 1.01. The minimum atomic E-state index is -0.145. The van der Waals surface area contributed by atoms with Gasteiger partial charge >= 0.3 is 0 Å². The van der Waals surface area contributed by atoms with Gasteiger partial charge in [0.1, 0.15) is 12.1 Å². The molecule has 0 saturated carbocycles. The number of hydrogen-bond donors (Lipinski definition) is 0. The van der Waals surface area contributed by atoms with Crippen molar-refractivity contribution in [1.29, 1.82) is 0 Å². The molecule has 1 spiro atoms. The van der Waals surface area contributed by atoms with E-state index in [1.54, 1.807) is 7.11 Å². The standard InChI is InChI=1S/C18H24N6O2/c1-22-11-13(10-21-22)14-8-17(25)23(2)18(14)4-6-24(7-5-18)15-9-16(26-3)20-12-19-15/h9-12,14H,4-8H2,1-3H3/t14-/m0/s1. The van der Waals surface area contributed by atoms with Crippen LogP contribution in [-0.4, -0.2) is 63.3 Å². The summed E-state index contributed by atoms with van der Waals surface area (Å²) in [7, 11) is 5.47. The minimum Gasteiger partial charge on any atom is -0.481 e. The van der Waals surface area contributed by atoms with E-state index >= 15 is 0 Å². The quantitative estimate of drug-likeness (QED) is 0.823. The molecule has 1 atom stereocenters. The molecule has 0 unspecified atom stereocenters.